The van der Waals surface area contributed by atoms with Gasteiger partial charge in [0.25, 0.3) is 0 Å². The van der Waals surface area contributed by atoms with Gasteiger partial charge in [-0.3, -0.25) is 14.4 Å². The van der Waals surface area contributed by atoms with Crippen LogP contribution in [0, 0.1) is 18.8 Å². The Kier molecular flexibility index (Phi) is 4.09. The third-order valence-electron chi connectivity index (χ3n) is 7.38. The molecule has 0 radical (unpaired) electrons. The van der Waals surface area contributed by atoms with E-state index in [2.05, 4.69) is 15.8 Å². The van der Waals surface area contributed by atoms with Gasteiger partial charge in [-0.2, -0.15) is 0 Å². The highest BCUT2D eigenvalue weighted by atomic mass is 16.5. The van der Waals surface area contributed by atoms with E-state index in [9.17, 15) is 14.4 Å². The minimum absolute atomic E-state index is 0.0461. The number of nitrogens with one attached hydrogen (secondary N) is 2. The molecule has 9 nitrogen and oxygen atoms in total. The quantitative estimate of drug-likeness (QED) is 0.686. The molecule has 2 saturated heterocycles. The topological polar surface area (TPSA) is 114 Å². The molecule has 1 aromatic rings. The molecule has 6 rings (SSSR count). The van der Waals surface area contributed by atoms with Crippen molar-refractivity contribution in [1.29, 1.82) is 0 Å². The third-order valence-corrected chi connectivity index (χ3v) is 7.38. The number of hydrogen-bond acceptors (Lipinski definition) is 6. The third kappa shape index (κ3) is 2.78. The van der Waals surface area contributed by atoms with Gasteiger partial charge < -0.3 is 24.8 Å². The molecule has 2 saturated carbocycles. The number of carbonyl (C=O) groups is 3. The lowest BCUT2D eigenvalue weighted by Crippen LogP contribution is -2.56. The Labute approximate surface area is 179 Å². The minimum atomic E-state index is -1.09. The molecule has 31 heavy (non-hydrogen) atoms. The van der Waals surface area contributed by atoms with Crippen molar-refractivity contribution < 1.29 is 23.6 Å². The van der Waals surface area contributed by atoms with Gasteiger partial charge >= 0.3 is 0 Å². The minimum Gasteiger partial charge on any atom is -0.360 e. The Morgan fingerprint density at radius 2 is 1.97 bits per heavy atom. The van der Waals surface area contributed by atoms with E-state index in [0.717, 1.165) is 38.5 Å². The van der Waals surface area contributed by atoms with Gasteiger partial charge in [-0.05, 0) is 32.6 Å². The van der Waals surface area contributed by atoms with Gasteiger partial charge in [0.1, 0.15) is 17.4 Å². The van der Waals surface area contributed by atoms with Gasteiger partial charge in [0, 0.05) is 18.2 Å². The van der Waals surface area contributed by atoms with Crippen molar-refractivity contribution >= 4 is 23.5 Å². The average molecular weight is 426 g/mol. The van der Waals surface area contributed by atoms with E-state index in [4.69, 9.17) is 9.26 Å². The number of fused-ring (bicyclic) bond motifs is 1. The number of aryl methyl sites for hydroxylation is 1. The molecule has 1 aromatic heterocycles. The van der Waals surface area contributed by atoms with E-state index < -0.39 is 29.6 Å². The van der Waals surface area contributed by atoms with Gasteiger partial charge in [-0.1, -0.05) is 30.2 Å². The number of nitrogens with zero attached hydrogens (tertiary/aromatic N) is 2. The SMILES string of the molecule is Cc1cc(NC(=O)[C@H]2[C@H]3C(=O)N(C4CC4)[C@@H](C(=O)NC4CCCC4)[C@@]34C=C[C@H]2O4)no1. The van der Waals surface area contributed by atoms with Crippen LogP contribution in [0.3, 0.4) is 0 Å². The van der Waals surface area contributed by atoms with E-state index in [1.807, 2.05) is 12.2 Å². The summed E-state index contributed by atoms with van der Waals surface area (Å²) in [6.45, 7) is 1.74. The van der Waals surface area contributed by atoms with Crippen molar-refractivity contribution in [2.24, 2.45) is 11.8 Å². The molecular weight excluding hydrogens is 400 g/mol. The normalized spacial score (nSPS) is 36.3. The van der Waals surface area contributed by atoms with E-state index in [1.165, 1.54) is 0 Å². The summed E-state index contributed by atoms with van der Waals surface area (Å²) in [6.07, 6.45) is 9.05. The van der Waals surface area contributed by atoms with Crippen molar-refractivity contribution in [3.8, 4) is 0 Å². The molecule has 5 atom stereocenters. The first-order valence-electron chi connectivity index (χ1n) is 11.2. The maximum atomic E-state index is 13.6. The summed E-state index contributed by atoms with van der Waals surface area (Å²) in [5.74, 6) is -1.18. The van der Waals surface area contributed by atoms with Crippen LogP contribution in [0.15, 0.2) is 22.7 Å². The second-order valence-electron chi connectivity index (χ2n) is 9.48. The number of likely N-dealkylation sites (tertiary alicyclic amines) is 1. The predicted octanol–water partition coefficient (Wildman–Crippen LogP) is 1.29. The number of anilines is 1. The van der Waals surface area contributed by atoms with Crippen molar-refractivity contribution in [2.45, 2.75) is 75.3 Å². The summed E-state index contributed by atoms with van der Waals surface area (Å²) in [6, 6.07) is 1.09. The molecule has 2 N–H and O–H groups in total. The molecule has 2 bridgehead atoms. The van der Waals surface area contributed by atoms with Crippen molar-refractivity contribution in [1.82, 2.24) is 15.4 Å². The molecule has 3 amide bonds. The van der Waals surface area contributed by atoms with Crippen LogP contribution in [0.4, 0.5) is 5.82 Å². The lowest BCUT2D eigenvalue weighted by Gasteiger charge is -2.33. The summed E-state index contributed by atoms with van der Waals surface area (Å²) in [5, 5.41) is 9.73. The fourth-order valence-electron chi connectivity index (χ4n) is 5.94. The van der Waals surface area contributed by atoms with E-state index in [-0.39, 0.29) is 29.8 Å². The largest absolute Gasteiger partial charge is 0.360 e. The molecule has 4 heterocycles. The molecule has 5 aliphatic rings. The van der Waals surface area contributed by atoms with Crippen molar-refractivity contribution in [3.63, 3.8) is 0 Å². The predicted molar refractivity (Wildman–Crippen MR) is 108 cm³/mol. The molecule has 0 aromatic carbocycles. The Bertz CT molecular complexity index is 978. The Balaban J connectivity index is 1.31. The molecule has 2 aliphatic carbocycles. The van der Waals surface area contributed by atoms with Gasteiger partial charge in [-0.15, -0.1) is 0 Å². The summed E-state index contributed by atoms with van der Waals surface area (Å²) < 4.78 is 11.3. The first kappa shape index (κ1) is 19.0. The van der Waals surface area contributed by atoms with Crippen LogP contribution >= 0.6 is 0 Å². The van der Waals surface area contributed by atoms with Crippen molar-refractivity contribution in [3.05, 3.63) is 24.0 Å². The highest BCUT2D eigenvalue weighted by Gasteiger charge is 2.74. The summed E-state index contributed by atoms with van der Waals surface area (Å²) in [5.41, 5.74) is -1.09. The molecule has 4 fully saturated rings. The van der Waals surface area contributed by atoms with Crippen LogP contribution in [0.5, 0.6) is 0 Å². The molecule has 3 aliphatic heterocycles. The summed E-state index contributed by atoms with van der Waals surface area (Å²) in [4.78, 5) is 41.9. The molecule has 1 spiro atoms. The summed E-state index contributed by atoms with van der Waals surface area (Å²) >= 11 is 0. The highest BCUT2D eigenvalue weighted by molar-refractivity contribution is 6.02. The first-order chi connectivity index (χ1) is 15.0. The average Bonchev–Trinajstić information content (AvgIpc) is 3.14. The zero-order valence-corrected chi connectivity index (χ0v) is 17.4. The van der Waals surface area contributed by atoms with Crippen LogP contribution in [0.2, 0.25) is 0 Å². The van der Waals surface area contributed by atoms with Crippen LogP contribution in [-0.2, 0) is 19.1 Å². The number of amides is 3. The van der Waals surface area contributed by atoms with Crippen LogP contribution < -0.4 is 10.6 Å². The van der Waals surface area contributed by atoms with Gasteiger partial charge in [-0.25, -0.2) is 0 Å². The smallest absolute Gasteiger partial charge is 0.246 e. The molecule has 164 valence electrons. The maximum Gasteiger partial charge on any atom is 0.246 e. The summed E-state index contributed by atoms with van der Waals surface area (Å²) in [7, 11) is 0. The fourth-order valence-corrected chi connectivity index (χ4v) is 5.94. The van der Waals surface area contributed by atoms with Crippen molar-refractivity contribution in [2.75, 3.05) is 5.32 Å². The first-order valence-corrected chi connectivity index (χ1v) is 11.2. The maximum absolute atomic E-state index is 13.6. The number of rotatable bonds is 5. The number of aromatic nitrogens is 1. The van der Waals surface area contributed by atoms with Crippen LogP contribution in [-0.4, -0.2) is 57.6 Å². The zero-order chi connectivity index (χ0) is 21.3. The second kappa shape index (κ2) is 6.66. The highest BCUT2D eigenvalue weighted by Crippen LogP contribution is 2.57. The molecule has 0 unspecified atom stereocenters. The number of ether oxygens (including phenoxy) is 1. The van der Waals surface area contributed by atoms with Crippen LogP contribution in [0.1, 0.15) is 44.3 Å². The molecule has 9 heteroatoms. The molecular formula is C22H26N4O5. The second-order valence-corrected chi connectivity index (χ2v) is 9.48. The van der Waals surface area contributed by atoms with Crippen LogP contribution in [0.25, 0.3) is 0 Å². The van der Waals surface area contributed by atoms with E-state index in [1.54, 1.807) is 17.9 Å². The zero-order valence-electron chi connectivity index (χ0n) is 17.4. The monoisotopic (exact) mass is 426 g/mol. The van der Waals surface area contributed by atoms with E-state index in [0.29, 0.717) is 11.6 Å². The van der Waals surface area contributed by atoms with Gasteiger partial charge in [0.15, 0.2) is 5.82 Å². The van der Waals surface area contributed by atoms with Gasteiger partial charge in [0.05, 0.1) is 17.9 Å². The fraction of sp³-hybridized carbons (Fsp3) is 0.636. The number of hydrogen-bond donors (Lipinski definition) is 2. The van der Waals surface area contributed by atoms with E-state index >= 15 is 0 Å². The Morgan fingerprint density at radius 3 is 2.65 bits per heavy atom. The lowest BCUT2D eigenvalue weighted by atomic mass is 9.74. The van der Waals surface area contributed by atoms with Gasteiger partial charge in [0.2, 0.25) is 17.7 Å². The standard InChI is InChI=1S/C22H26N4O5/c1-11-10-15(25-31-11)24-19(27)16-14-8-9-22(30-14)17(16)21(29)26(13-6-7-13)18(22)20(28)23-12-4-2-3-5-12/h8-10,12-14,16-18H,2-7H2,1H3,(H,23,28)(H,24,25,27)/t14-,16-,17+,18+,22-/m1/s1. The number of carbonyl (C=O) groups excluding carboxylic acids is 3. The Morgan fingerprint density at radius 1 is 1.19 bits per heavy atom. The Hall–Kier alpha value is -2.68. The lowest BCUT2D eigenvalue weighted by molar-refractivity contribution is -0.142.